The Morgan fingerprint density at radius 2 is 2.22 bits per heavy atom. The standard InChI is InChI=1S/C11H9FN4O2/c12-7-1-4-10(16(17)18)9(5-7)11-14-13-6-15(11)8-2-3-8/h1,4-6,8H,2-3H2. The monoisotopic (exact) mass is 248 g/mol. The van der Waals surface area contributed by atoms with Gasteiger partial charge in [0.1, 0.15) is 12.1 Å². The third-order valence-corrected chi connectivity index (χ3v) is 2.91. The van der Waals surface area contributed by atoms with E-state index in [1.165, 1.54) is 6.33 Å². The molecule has 0 aliphatic heterocycles. The highest BCUT2D eigenvalue weighted by atomic mass is 19.1. The first kappa shape index (κ1) is 10.8. The van der Waals surface area contributed by atoms with Crippen molar-refractivity contribution in [1.29, 1.82) is 0 Å². The predicted octanol–water partition coefficient (Wildman–Crippen LogP) is 2.33. The molecule has 2 aromatic rings. The molecule has 0 atom stereocenters. The zero-order valence-electron chi connectivity index (χ0n) is 9.28. The Morgan fingerprint density at radius 3 is 2.89 bits per heavy atom. The molecule has 1 heterocycles. The van der Waals surface area contributed by atoms with E-state index in [9.17, 15) is 14.5 Å². The molecule has 0 unspecified atom stereocenters. The van der Waals surface area contributed by atoms with Crippen LogP contribution in [0.25, 0.3) is 11.4 Å². The quantitative estimate of drug-likeness (QED) is 0.617. The van der Waals surface area contributed by atoms with Crippen molar-refractivity contribution in [3.05, 3.63) is 40.5 Å². The molecule has 0 N–H and O–H groups in total. The predicted molar refractivity (Wildman–Crippen MR) is 60.3 cm³/mol. The van der Waals surface area contributed by atoms with Crippen molar-refractivity contribution < 1.29 is 9.31 Å². The average molecular weight is 248 g/mol. The van der Waals surface area contributed by atoms with Gasteiger partial charge < -0.3 is 4.57 Å². The molecule has 0 radical (unpaired) electrons. The fourth-order valence-corrected chi connectivity index (χ4v) is 1.90. The lowest BCUT2D eigenvalue weighted by Gasteiger charge is -2.05. The van der Waals surface area contributed by atoms with Crippen molar-refractivity contribution >= 4 is 5.69 Å². The normalized spacial score (nSPS) is 14.7. The Kier molecular flexibility index (Phi) is 2.32. The van der Waals surface area contributed by atoms with Crippen LogP contribution in [-0.4, -0.2) is 19.7 Å². The zero-order valence-corrected chi connectivity index (χ0v) is 9.28. The first-order valence-corrected chi connectivity index (χ1v) is 5.50. The molecule has 18 heavy (non-hydrogen) atoms. The van der Waals surface area contributed by atoms with Gasteiger partial charge in [0.25, 0.3) is 5.69 Å². The van der Waals surface area contributed by atoms with Gasteiger partial charge in [0.15, 0.2) is 5.82 Å². The van der Waals surface area contributed by atoms with Gasteiger partial charge in [-0.05, 0) is 25.0 Å². The minimum Gasteiger partial charge on any atom is -0.310 e. The number of halogens is 1. The second kappa shape index (κ2) is 3.86. The molecule has 0 saturated heterocycles. The van der Waals surface area contributed by atoms with Gasteiger partial charge in [-0.1, -0.05) is 0 Å². The van der Waals surface area contributed by atoms with E-state index in [0.717, 1.165) is 31.0 Å². The zero-order chi connectivity index (χ0) is 12.7. The van der Waals surface area contributed by atoms with Crippen LogP contribution >= 0.6 is 0 Å². The Balaban J connectivity index is 2.17. The topological polar surface area (TPSA) is 73.8 Å². The van der Waals surface area contributed by atoms with Crippen molar-refractivity contribution in [3.63, 3.8) is 0 Å². The second-order valence-corrected chi connectivity index (χ2v) is 4.21. The average Bonchev–Trinajstić information content (AvgIpc) is 3.06. The van der Waals surface area contributed by atoms with E-state index in [-0.39, 0.29) is 17.3 Å². The lowest BCUT2D eigenvalue weighted by atomic mass is 10.1. The molecule has 0 bridgehead atoms. The molecule has 3 rings (SSSR count). The maximum Gasteiger partial charge on any atom is 0.280 e. The third kappa shape index (κ3) is 1.73. The van der Waals surface area contributed by atoms with Crippen LogP contribution in [0.2, 0.25) is 0 Å². The Labute approximate surface area is 101 Å². The number of aromatic nitrogens is 3. The van der Waals surface area contributed by atoms with Crippen molar-refractivity contribution in [2.45, 2.75) is 18.9 Å². The van der Waals surface area contributed by atoms with Crippen LogP contribution in [0.5, 0.6) is 0 Å². The van der Waals surface area contributed by atoms with E-state index in [0.29, 0.717) is 5.82 Å². The first-order chi connectivity index (χ1) is 8.66. The van der Waals surface area contributed by atoms with Gasteiger partial charge in [-0.2, -0.15) is 0 Å². The lowest BCUT2D eigenvalue weighted by Crippen LogP contribution is -2.00. The number of hydrogen-bond donors (Lipinski definition) is 0. The van der Waals surface area contributed by atoms with Crippen LogP contribution in [0.15, 0.2) is 24.5 Å². The molecule has 1 aromatic heterocycles. The fraction of sp³-hybridized carbons (Fsp3) is 0.273. The van der Waals surface area contributed by atoms with Crippen LogP contribution < -0.4 is 0 Å². The van der Waals surface area contributed by atoms with E-state index in [2.05, 4.69) is 10.2 Å². The molecule has 0 amide bonds. The summed E-state index contributed by atoms with van der Waals surface area (Å²) in [7, 11) is 0. The molecule has 1 aromatic carbocycles. The van der Waals surface area contributed by atoms with Gasteiger partial charge in [-0.15, -0.1) is 10.2 Å². The van der Waals surface area contributed by atoms with Crippen molar-refractivity contribution in [3.8, 4) is 11.4 Å². The Bertz CT molecular complexity index is 621. The molecule has 0 spiro atoms. The van der Waals surface area contributed by atoms with E-state index in [4.69, 9.17) is 0 Å². The number of nitro benzene ring substituents is 1. The molecule has 7 heteroatoms. The van der Waals surface area contributed by atoms with Gasteiger partial charge >= 0.3 is 0 Å². The number of benzene rings is 1. The summed E-state index contributed by atoms with van der Waals surface area (Å²) < 4.78 is 15.0. The Morgan fingerprint density at radius 1 is 1.44 bits per heavy atom. The molecular formula is C11H9FN4O2. The fourth-order valence-electron chi connectivity index (χ4n) is 1.90. The van der Waals surface area contributed by atoms with Crippen LogP contribution in [-0.2, 0) is 0 Å². The molecule has 92 valence electrons. The highest BCUT2D eigenvalue weighted by molar-refractivity contribution is 5.68. The third-order valence-electron chi connectivity index (χ3n) is 2.91. The van der Waals surface area contributed by atoms with Crippen molar-refractivity contribution in [2.24, 2.45) is 0 Å². The van der Waals surface area contributed by atoms with E-state index >= 15 is 0 Å². The Hall–Kier alpha value is -2.31. The second-order valence-electron chi connectivity index (χ2n) is 4.21. The summed E-state index contributed by atoms with van der Waals surface area (Å²) in [6.07, 6.45) is 3.52. The molecule has 1 saturated carbocycles. The van der Waals surface area contributed by atoms with Gasteiger partial charge in [0, 0.05) is 12.1 Å². The summed E-state index contributed by atoms with van der Waals surface area (Å²) in [5.41, 5.74) is 0.00991. The number of hydrogen-bond acceptors (Lipinski definition) is 4. The number of nitrogens with zero attached hydrogens (tertiary/aromatic N) is 4. The molecule has 1 fully saturated rings. The van der Waals surface area contributed by atoms with Gasteiger partial charge in [0.2, 0.25) is 0 Å². The van der Waals surface area contributed by atoms with Crippen molar-refractivity contribution in [1.82, 2.24) is 14.8 Å². The first-order valence-electron chi connectivity index (χ1n) is 5.50. The summed E-state index contributed by atoms with van der Waals surface area (Å²) in [5.74, 6) is -0.176. The van der Waals surface area contributed by atoms with E-state index in [1.54, 1.807) is 4.57 Å². The maximum atomic E-state index is 13.3. The molecule has 1 aliphatic rings. The molecular weight excluding hydrogens is 239 g/mol. The number of rotatable bonds is 3. The van der Waals surface area contributed by atoms with E-state index < -0.39 is 10.7 Å². The van der Waals surface area contributed by atoms with E-state index in [1.807, 2.05) is 0 Å². The maximum absolute atomic E-state index is 13.3. The van der Waals surface area contributed by atoms with Gasteiger partial charge in [-0.25, -0.2) is 4.39 Å². The van der Waals surface area contributed by atoms with Crippen molar-refractivity contribution in [2.75, 3.05) is 0 Å². The van der Waals surface area contributed by atoms with Crippen LogP contribution in [0.3, 0.4) is 0 Å². The summed E-state index contributed by atoms with van der Waals surface area (Å²) in [5, 5.41) is 18.6. The largest absolute Gasteiger partial charge is 0.310 e. The smallest absolute Gasteiger partial charge is 0.280 e. The van der Waals surface area contributed by atoms with Crippen LogP contribution in [0.1, 0.15) is 18.9 Å². The minimum atomic E-state index is -0.541. The SMILES string of the molecule is O=[N+]([O-])c1ccc(F)cc1-c1nncn1C1CC1. The van der Waals surface area contributed by atoms with Crippen LogP contribution in [0, 0.1) is 15.9 Å². The number of nitro groups is 1. The summed E-state index contributed by atoms with van der Waals surface area (Å²) >= 11 is 0. The van der Waals surface area contributed by atoms with Gasteiger partial charge in [0.05, 0.1) is 10.5 Å². The highest BCUT2D eigenvalue weighted by Crippen LogP contribution is 2.39. The summed E-state index contributed by atoms with van der Waals surface area (Å²) in [4.78, 5) is 10.4. The van der Waals surface area contributed by atoms with Gasteiger partial charge in [-0.3, -0.25) is 10.1 Å². The lowest BCUT2D eigenvalue weighted by molar-refractivity contribution is -0.384. The summed E-state index contributed by atoms with van der Waals surface area (Å²) in [6, 6.07) is 3.62. The highest BCUT2D eigenvalue weighted by Gasteiger charge is 2.29. The molecule has 6 nitrogen and oxygen atoms in total. The molecule has 1 aliphatic carbocycles. The van der Waals surface area contributed by atoms with Crippen LogP contribution in [0.4, 0.5) is 10.1 Å². The summed E-state index contributed by atoms with van der Waals surface area (Å²) in [6.45, 7) is 0. The minimum absolute atomic E-state index is 0.161.